The molecule has 2 aliphatic heterocycles. The predicted molar refractivity (Wildman–Crippen MR) is 86.5 cm³/mol. The van der Waals surface area contributed by atoms with Crippen LogP contribution in [0.5, 0.6) is 0 Å². The lowest BCUT2D eigenvalue weighted by Crippen LogP contribution is -2.51. The normalized spacial score (nSPS) is 29.9. The van der Waals surface area contributed by atoms with Crippen LogP contribution in [0.25, 0.3) is 0 Å². The molecule has 3 unspecified atom stereocenters. The van der Waals surface area contributed by atoms with E-state index in [1.807, 2.05) is 11.8 Å². The molecule has 3 nitrogen and oxygen atoms in total. The molecule has 0 saturated carbocycles. The minimum Gasteiger partial charge on any atom is -0.372 e. The van der Waals surface area contributed by atoms with Gasteiger partial charge in [0, 0.05) is 24.2 Å². The number of hydrogen-bond acceptors (Lipinski definition) is 4. The number of nitrogens with one attached hydrogen (secondary N) is 3. The average Bonchev–Trinajstić information content (AvgIpc) is 2.97. The Bertz CT molecular complexity index is 460. The fraction of sp³-hybridized carbons (Fsp3) is 0.500. The Balaban J connectivity index is 1.57. The second-order valence-corrected chi connectivity index (χ2v) is 6.50. The van der Waals surface area contributed by atoms with Gasteiger partial charge in [-0.25, -0.2) is 0 Å². The molecular formula is C16H23N3S. The van der Waals surface area contributed by atoms with Crippen LogP contribution in [-0.4, -0.2) is 25.7 Å². The molecule has 2 heterocycles. The third-order valence-electron chi connectivity index (χ3n) is 4.16. The molecular weight excluding hydrogens is 266 g/mol. The molecule has 1 aromatic rings. The maximum Gasteiger partial charge on any atom is 0.102 e. The van der Waals surface area contributed by atoms with Gasteiger partial charge in [0.25, 0.3) is 0 Å². The largest absolute Gasteiger partial charge is 0.372 e. The van der Waals surface area contributed by atoms with Crippen molar-refractivity contribution in [2.24, 2.45) is 0 Å². The van der Waals surface area contributed by atoms with Gasteiger partial charge in [0.2, 0.25) is 0 Å². The highest BCUT2D eigenvalue weighted by Gasteiger charge is 2.26. The van der Waals surface area contributed by atoms with Crippen LogP contribution in [0.3, 0.4) is 0 Å². The van der Waals surface area contributed by atoms with Crippen molar-refractivity contribution in [1.29, 1.82) is 0 Å². The monoisotopic (exact) mass is 289 g/mol. The lowest BCUT2D eigenvalue weighted by atomic mass is 9.95. The fourth-order valence-electron chi connectivity index (χ4n) is 3.03. The van der Waals surface area contributed by atoms with Crippen molar-refractivity contribution in [2.75, 3.05) is 13.6 Å². The Morgan fingerprint density at radius 2 is 2.15 bits per heavy atom. The number of rotatable bonds is 4. The van der Waals surface area contributed by atoms with Gasteiger partial charge in [-0.05, 0) is 37.4 Å². The summed E-state index contributed by atoms with van der Waals surface area (Å²) in [5.74, 6) is 0. The Morgan fingerprint density at radius 1 is 1.30 bits per heavy atom. The summed E-state index contributed by atoms with van der Waals surface area (Å²) in [7, 11) is 2.07. The smallest absolute Gasteiger partial charge is 0.102 e. The van der Waals surface area contributed by atoms with Gasteiger partial charge in [-0.3, -0.25) is 0 Å². The van der Waals surface area contributed by atoms with Crippen LogP contribution in [-0.2, 0) is 0 Å². The van der Waals surface area contributed by atoms with Crippen molar-refractivity contribution < 1.29 is 0 Å². The molecule has 0 bridgehead atoms. The molecule has 2 aliphatic rings. The highest BCUT2D eigenvalue weighted by molar-refractivity contribution is 8.02. The lowest BCUT2D eigenvalue weighted by molar-refractivity contribution is 0.310. The molecule has 3 rings (SSSR count). The molecule has 20 heavy (non-hydrogen) atoms. The van der Waals surface area contributed by atoms with E-state index in [1.165, 1.54) is 24.1 Å². The van der Waals surface area contributed by atoms with E-state index in [1.54, 1.807) is 0 Å². The maximum absolute atomic E-state index is 3.66. The van der Waals surface area contributed by atoms with E-state index in [0.717, 1.165) is 13.0 Å². The third kappa shape index (κ3) is 3.19. The first kappa shape index (κ1) is 14.0. The van der Waals surface area contributed by atoms with E-state index >= 15 is 0 Å². The van der Waals surface area contributed by atoms with E-state index in [0.29, 0.717) is 17.5 Å². The quantitative estimate of drug-likeness (QED) is 0.796. The van der Waals surface area contributed by atoms with Crippen molar-refractivity contribution in [3.8, 4) is 0 Å². The number of thioether (sulfide) groups is 1. The lowest BCUT2D eigenvalue weighted by Gasteiger charge is -2.33. The van der Waals surface area contributed by atoms with Crippen molar-refractivity contribution in [3.05, 3.63) is 47.0 Å². The summed E-state index contributed by atoms with van der Waals surface area (Å²) >= 11 is 1.88. The molecule has 0 amide bonds. The highest BCUT2D eigenvalue weighted by atomic mass is 32.2. The minimum absolute atomic E-state index is 0.378. The first-order valence-corrected chi connectivity index (χ1v) is 8.38. The molecule has 3 atom stereocenters. The zero-order valence-electron chi connectivity index (χ0n) is 11.9. The van der Waals surface area contributed by atoms with Gasteiger partial charge in [0.15, 0.2) is 0 Å². The second-order valence-electron chi connectivity index (χ2n) is 5.52. The van der Waals surface area contributed by atoms with Crippen molar-refractivity contribution in [3.63, 3.8) is 0 Å². The molecule has 0 spiro atoms. The first-order chi connectivity index (χ1) is 9.86. The summed E-state index contributed by atoms with van der Waals surface area (Å²) in [6.45, 7) is 1.14. The summed E-state index contributed by atoms with van der Waals surface area (Å²) in [5, 5.41) is 13.4. The number of benzene rings is 1. The average molecular weight is 289 g/mol. The third-order valence-corrected chi connectivity index (χ3v) is 5.24. The topological polar surface area (TPSA) is 36.1 Å². The molecule has 0 radical (unpaired) electrons. The Labute approximate surface area is 125 Å². The summed E-state index contributed by atoms with van der Waals surface area (Å²) in [6, 6.07) is 11.8. The van der Waals surface area contributed by atoms with Gasteiger partial charge in [-0.1, -0.05) is 30.3 Å². The van der Waals surface area contributed by atoms with Crippen molar-refractivity contribution in [2.45, 2.75) is 36.7 Å². The highest BCUT2D eigenvalue weighted by Crippen LogP contribution is 2.35. The van der Waals surface area contributed by atoms with E-state index in [-0.39, 0.29) is 0 Å². The van der Waals surface area contributed by atoms with Gasteiger partial charge in [-0.15, -0.1) is 11.8 Å². The summed E-state index contributed by atoms with van der Waals surface area (Å²) < 4.78 is 0. The first-order valence-electron chi connectivity index (χ1n) is 7.43. The van der Waals surface area contributed by atoms with Crippen molar-refractivity contribution >= 4 is 11.8 Å². The van der Waals surface area contributed by atoms with Gasteiger partial charge in [0.05, 0.1) is 0 Å². The molecule has 1 saturated heterocycles. The van der Waals surface area contributed by atoms with Crippen LogP contribution >= 0.6 is 11.8 Å². The van der Waals surface area contributed by atoms with Gasteiger partial charge >= 0.3 is 0 Å². The van der Waals surface area contributed by atoms with E-state index < -0.39 is 0 Å². The van der Waals surface area contributed by atoms with Crippen molar-refractivity contribution in [1.82, 2.24) is 16.0 Å². The molecule has 4 heteroatoms. The summed E-state index contributed by atoms with van der Waals surface area (Å²) in [5.41, 5.74) is 2.72. The van der Waals surface area contributed by atoms with Gasteiger partial charge < -0.3 is 16.0 Å². The fourth-order valence-corrected chi connectivity index (χ4v) is 4.03. The maximum atomic E-state index is 3.66. The molecule has 108 valence electrons. The van der Waals surface area contributed by atoms with E-state index in [4.69, 9.17) is 0 Å². The Morgan fingerprint density at radius 3 is 2.95 bits per heavy atom. The zero-order valence-corrected chi connectivity index (χ0v) is 12.7. The minimum atomic E-state index is 0.378. The Kier molecular flexibility index (Phi) is 4.65. The van der Waals surface area contributed by atoms with E-state index in [2.05, 4.69) is 58.7 Å². The molecule has 0 aromatic heterocycles. The van der Waals surface area contributed by atoms with Crippen LogP contribution in [0.4, 0.5) is 0 Å². The summed E-state index contributed by atoms with van der Waals surface area (Å²) in [4.78, 5) is 0. The Hall–Kier alpha value is -0.970. The SMILES string of the molecule is CNC1CCCNC1CC1=CSC(c2ccccc2)N1. The van der Waals surface area contributed by atoms with Crippen LogP contribution in [0.1, 0.15) is 30.2 Å². The second kappa shape index (κ2) is 6.66. The van der Waals surface area contributed by atoms with Crippen LogP contribution in [0.2, 0.25) is 0 Å². The molecule has 1 fully saturated rings. The van der Waals surface area contributed by atoms with E-state index in [9.17, 15) is 0 Å². The molecule has 0 aliphatic carbocycles. The van der Waals surface area contributed by atoms with Crippen LogP contribution in [0.15, 0.2) is 41.4 Å². The molecule has 3 N–H and O–H groups in total. The summed E-state index contributed by atoms with van der Waals surface area (Å²) in [6.07, 6.45) is 3.63. The zero-order chi connectivity index (χ0) is 13.8. The van der Waals surface area contributed by atoms with Crippen LogP contribution in [0, 0.1) is 0 Å². The number of likely N-dealkylation sites (N-methyl/N-ethyl adjacent to an activating group) is 1. The molecule has 1 aromatic carbocycles. The van der Waals surface area contributed by atoms with Gasteiger partial charge in [-0.2, -0.15) is 0 Å². The predicted octanol–water partition coefficient (Wildman–Crippen LogP) is 2.59. The number of piperidine rings is 1. The van der Waals surface area contributed by atoms with Crippen LogP contribution < -0.4 is 16.0 Å². The standard InChI is InChI=1S/C16H23N3S/c1-17-14-8-5-9-18-15(14)10-13-11-20-16(19-13)12-6-3-2-4-7-12/h2-4,6-7,11,14-19H,5,8-10H2,1H3. The number of hydrogen-bond donors (Lipinski definition) is 3. The van der Waals surface area contributed by atoms with Gasteiger partial charge in [0.1, 0.15) is 5.37 Å².